The van der Waals surface area contributed by atoms with Crippen LogP contribution in [0.25, 0.3) is 0 Å². The lowest BCUT2D eigenvalue weighted by Gasteiger charge is -2.18. The Bertz CT molecular complexity index is 374. The largest absolute Gasteiger partial charge is 0.392 e. The fourth-order valence-corrected chi connectivity index (χ4v) is 2.52. The molecule has 2 unspecified atom stereocenters. The van der Waals surface area contributed by atoms with Crippen LogP contribution in [0.2, 0.25) is 10.0 Å². The van der Waals surface area contributed by atoms with Gasteiger partial charge in [-0.3, -0.25) is 0 Å². The van der Waals surface area contributed by atoms with Crippen molar-refractivity contribution in [3.05, 3.63) is 33.8 Å². The number of hydrogen-bond acceptors (Lipinski definition) is 1. The Labute approximate surface area is 106 Å². The van der Waals surface area contributed by atoms with Crippen molar-refractivity contribution < 1.29 is 5.11 Å². The molecule has 0 radical (unpaired) electrons. The van der Waals surface area contributed by atoms with Gasteiger partial charge in [0.2, 0.25) is 0 Å². The van der Waals surface area contributed by atoms with E-state index < -0.39 is 0 Å². The van der Waals surface area contributed by atoms with Crippen molar-refractivity contribution in [3.8, 4) is 0 Å². The Morgan fingerprint density at radius 3 is 2.62 bits per heavy atom. The van der Waals surface area contributed by atoms with Crippen molar-refractivity contribution in [1.82, 2.24) is 0 Å². The van der Waals surface area contributed by atoms with Crippen LogP contribution >= 0.6 is 23.2 Å². The van der Waals surface area contributed by atoms with Gasteiger partial charge in [0.05, 0.1) is 6.10 Å². The predicted octanol–water partition coefficient (Wildman–Crippen LogP) is 3.94. The molecule has 0 aromatic heterocycles. The monoisotopic (exact) mass is 258 g/mol. The molecule has 16 heavy (non-hydrogen) atoms. The normalized spacial score (nSPS) is 19.5. The molecule has 0 saturated heterocycles. The van der Waals surface area contributed by atoms with E-state index in [0.29, 0.717) is 28.3 Å². The topological polar surface area (TPSA) is 20.2 Å². The zero-order valence-corrected chi connectivity index (χ0v) is 10.8. The van der Waals surface area contributed by atoms with E-state index in [1.165, 1.54) is 12.8 Å². The van der Waals surface area contributed by atoms with Gasteiger partial charge in [-0.25, -0.2) is 0 Å². The van der Waals surface area contributed by atoms with E-state index >= 15 is 0 Å². The number of aliphatic hydroxyl groups is 1. The summed E-state index contributed by atoms with van der Waals surface area (Å²) >= 11 is 11.9. The van der Waals surface area contributed by atoms with Gasteiger partial charge in [-0.1, -0.05) is 36.2 Å². The quantitative estimate of drug-likeness (QED) is 0.868. The van der Waals surface area contributed by atoms with Gasteiger partial charge in [-0.2, -0.15) is 0 Å². The van der Waals surface area contributed by atoms with Crippen molar-refractivity contribution in [2.24, 2.45) is 11.8 Å². The average Bonchev–Trinajstić information content (AvgIpc) is 3.04. The minimum absolute atomic E-state index is 0.300. The van der Waals surface area contributed by atoms with Crippen LogP contribution in [0.15, 0.2) is 18.2 Å². The molecule has 1 aliphatic carbocycles. The van der Waals surface area contributed by atoms with Gasteiger partial charge in [-0.15, -0.1) is 0 Å². The maximum absolute atomic E-state index is 10.1. The van der Waals surface area contributed by atoms with E-state index in [9.17, 15) is 5.11 Å². The summed E-state index contributed by atoms with van der Waals surface area (Å²) in [5.41, 5.74) is 0.978. The molecule has 1 aliphatic rings. The summed E-state index contributed by atoms with van der Waals surface area (Å²) in [6, 6.07) is 5.44. The molecule has 1 nitrogen and oxygen atoms in total. The second-order valence-electron chi connectivity index (χ2n) is 4.70. The lowest BCUT2D eigenvalue weighted by molar-refractivity contribution is 0.105. The van der Waals surface area contributed by atoms with E-state index in [2.05, 4.69) is 6.92 Å². The summed E-state index contributed by atoms with van der Waals surface area (Å²) in [6.07, 6.45) is 2.83. The van der Waals surface area contributed by atoms with Gasteiger partial charge in [0, 0.05) is 16.5 Å². The maximum atomic E-state index is 10.1. The van der Waals surface area contributed by atoms with Crippen LogP contribution in [-0.4, -0.2) is 11.2 Å². The fourth-order valence-electron chi connectivity index (χ4n) is 2.03. The predicted molar refractivity (Wildman–Crippen MR) is 68.1 cm³/mol. The first-order valence-electron chi connectivity index (χ1n) is 5.70. The van der Waals surface area contributed by atoms with Crippen molar-refractivity contribution >= 4 is 23.2 Å². The van der Waals surface area contributed by atoms with Crippen LogP contribution in [0.3, 0.4) is 0 Å². The molecule has 1 saturated carbocycles. The summed E-state index contributed by atoms with van der Waals surface area (Å²) in [5, 5.41) is 11.4. The minimum atomic E-state index is -0.300. The molecule has 1 aromatic carbocycles. The third kappa shape index (κ3) is 2.91. The Morgan fingerprint density at radius 2 is 2.06 bits per heavy atom. The summed E-state index contributed by atoms with van der Waals surface area (Å²) in [4.78, 5) is 0. The van der Waals surface area contributed by atoms with Crippen LogP contribution in [-0.2, 0) is 6.42 Å². The maximum Gasteiger partial charge on any atom is 0.0609 e. The van der Waals surface area contributed by atoms with Crippen molar-refractivity contribution in [3.63, 3.8) is 0 Å². The molecular weight excluding hydrogens is 243 g/mol. The summed E-state index contributed by atoms with van der Waals surface area (Å²) in [5.74, 6) is 1.08. The molecule has 0 amide bonds. The number of benzene rings is 1. The highest BCUT2D eigenvalue weighted by Gasteiger charge is 2.32. The van der Waals surface area contributed by atoms with E-state index in [1.54, 1.807) is 6.07 Å². The first-order valence-corrected chi connectivity index (χ1v) is 6.45. The van der Waals surface area contributed by atoms with E-state index in [-0.39, 0.29) is 6.10 Å². The molecule has 3 heteroatoms. The molecular formula is C13H16Cl2O. The third-order valence-electron chi connectivity index (χ3n) is 3.42. The van der Waals surface area contributed by atoms with Crippen molar-refractivity contribution in [1.29, 1.82) is 0 Å². The zero-order valence-electron chi connectivity index (χ0n) is 9.29. The van der Waals surface area contributed by atoms with Crippen LogP contribution in [0.4, 0.5) is 0 Å². The average molecular weight is 259 g/mol. The Kier molecular flexibility index (Phi) is 3.78. The second-order valence-corrected chi connectivity index (χ2v) is 5.55. The van der Waals surface area contributed by atoms with E-state index in [4.69, 9.17) is 23.2 Å². The van der Waals surface area contributed by atoms with Gasteiger partial charge >= 0.3 is 0 Å². The standard InChI is InChI=1S/C13H16Cl2O/c1-8(9-2-3-9)13(16)6-10-4-5-11(14)7-12(10)15/h4-5,7-9,13,16H,2-3,6H2,1H3. The molecule has 0 bridgehead atoms. The van der Waals surface area contributed by atoms with Crippen LogP contribution in [0, 0.1) is 11.8 Å². The molecule has 1 aromatic rings. The third-order valence-corrected chi connectivity index (χ3v) is 4.00. The highest BCUT2D eigenvalue weighted by molar-refractivity contribution is 6.35. The SMILES string of the molecule is CC(C(O)Cc1ccc(Cl)cc1Cl)C1CC1. The lowest BCUT2D eigenvalue weighted by atomic mass is 9.94. The van der Waals surface area contributed by atoms with Crippen molar-refractivity contribution in [2.75, 3.05) is 0 Å². The second kappa shape index (κ2) is 4.95. The molecule has 0 heterocycles. The summed E-state index contributed by atoms with van der Waals surface area (Å²) in [6.45, 7) is 2.12. The molecule has 0 aliphatic heterocycles. The Morgan fingerprint density at radius 1 is 1.38 bits per heavy atom. The first kappa shape index (κ1) is 12.2. The number of rotatable bonds is 4. The summed E-state index contributed by atoms with van der Waals surface area (Å²) in [7, 11) is 0. The van der Waals surface area contributed by atoms with Gasteiger partial charge < -0.3 is 5.11 Å². The van der Waals surface area contributed by atoms with Gasteiger partial charge in [0.15, 0.2) is 0 Å². The highest BCUT2D eigenvalue weighted by Crippen LogP contribution is 2.39. The number of halogens is 2. The van der Waals surface area contributed by atoms with Crippen LogP contribution in [0.5, 0.6) is 0 Å². The zero-order chi connectivity index (χ0) is 11.7. The molecule has 88 valence electrons. The molecule has 2 atom stereocenters. The van der Waals surface area contributed by atoms with Gasteiger partial charge in [-0.05, 0) is 42.4 Å². The number of aliphatic hydroxyl groups excluding tert-OH is 1. The Hall–Kier alpha value is -0.240. The van der Waals surface area contributed by atoms with Gasteiger partial charge in [0.1, 0.15) is 0 Å². The Balaban J connectivity index is 2.02. The van der Waals surface area contributed by atoms with Crippen molar-refractivity contribution in [2.45, 2.75) is 32.3 Å². The smallest absolute Gasteiger partial charge is 0.0609 e. The fraction of sp³-hybridized carbons (Fsp3) is 0.538. The minimum Gasteiger partial charge on any atom is -0.392 e. The van der Waals surface area contributed by atoms with Crippen LogP contribution in [0.1, 0.15) is 25.3 Å². The molecule has 1 N–H and O–H groups in total. The number of hydrogen-bond donors (Lipinski definition) is 1. The van der Waals surface area contributed by atoms with E-state index in [0.717, 1.165) is 5.56 Å². The molecule has 0 spiro atoms. The molecule has 2 rings (SSSR count). The van der Waals surface area contributed by atoms with Crippen LogP contribution < -0.4 is 0 Å². The summed E-state index contributed by atoms with van der Waals surface area (Å²) < 4.78 is 0. The lowest BCUT2D eigenvalue weighted by Crippen LogP contribution is -2.22. The first-order chi connectivity index (χ1) is 7.58. The highest BCUT2D eigenvalue weighted by atomic mass is 35.5. The van der Waals surface area contributed by atoms with E-state index in [1.807, 2.05) is 12.1 Å². The molecule has 1 fully saturated rings. The van der Waals surface area contributed by atoms with Gasteiger partial charge in [0.25, 0.3) is 0 Å².